The van der Waals surface area contributed by atoms with Gasteiger partial charge in [-0.3, -0.25) is 9.59 Å². The lowest BCUT2D eigenvalue weighted by Crippen LogP contribution is -2.40. The van der Waals surface area contributed by atoms with Gasteiger partial charge in [0.2, 0.25) is 0 Å². The van der Waals surface area contributed by atoms with Crippen LogP contribution >= 0.6 is 0 Å². The molecule has 0 spiro atoms. The van der Waals surface area contributed by atoms with E-state index >= 15 is 0 Å². The first-order valence-corrected chi connectivity index (χ1v) is 7.78. The minimum atomic E-state index is -0.616. The summed E-state index contributed by atoms with van der Waals surface area (Å²) in [5.74, 6) is -1.21. The predicted molar refractivity (Wildman–Crippen MR) is 90.1 cm³/mol. The Labute approximate surface area is 133 Å². The summed E-state index contributed by atoms with van der Waals surface area (Å²) >= 11 is 0. The van der Waals surface area contributed by atoms with Gasteiger partial charge in [-0.1, -0.05) is 31.5 Å². The molecule has 0 atom stereocenters. The summed E-state index contributed by atoms with van der Waals surface area (Å²) < 4.78 is 0. The average Bonchev–Trinajstić information content (AvgIpc) is 2.46. The number of carbonyl (C=O) groups excluding carboxylic acids is 2. The van der Waals surface area contributed by atoms with Crippen molar-refractivity contribution in [1.82, 2.24) is 10.2 Å². The molecule has 0 saturated carbocycles. The van der Waals surface area contributed by atoms with Crippen LogP contribution in [0.4, 0.5) is 5.69 Å². The van der Waals surface area contributed by atoms with Gasteiger partial charge >= 0.3 is 11.8 Å². The van der Waals surface area contributed by atoms with E-state index in [1.54, 1.807) is 0 Å². The third kappa shape index (κ3) is 5.15. The molecule has 2 N–H and O–H groups in total. The third-order valence-electron chi connectivity index (χ3n) is 3.73. The molecule has 5 nitrogen and oxygen atoms in total. The van der Waals surface area contributed by atoms with Gasteiger partial charge in [-0.15, -0.1) is 0 Å². The van der Waals surface area contributed by atoms with Crippen LogP contribution in [0.15, 0.2) is 12.1 Å². The molecule has 1 aromatic carbocycles. The number of carbonyl (C=O) groups is 2. The van der Waals surface area contributed by atoms with Gasteiger partial charge in [-0.2, -0.15) is 0 Å². The van der Waals surface area contributed by atoms with Crippen molar-refractivity contribution in [2.45, 2.75) is 34.6 Å². The molecular weight excluding hydrogens is 278 g/mol. The van der Waals surface area contributed by atoms with Crippen molar-refractivity contribution in [3.63, 3.8) is 0 Å². The summed E-state index contributed by atoms with van der Waals surface area (Å²) in [4.78, 5) is 26.0. The summed E-state index contributed by atoms with van der Waals surface area (Å²) in [7, 11) is 0. The summed E-state index contributed by atoms with van der Waals surface area (Å²) in [5, 5.41) is 5.37. The van der Waals surface area contributed by atoms with Crippen LogP contribution in [0.25, 0.3) is 0 Å². The van der Waals surface area contributed by atoms with E-state index in [1.165, 1.54) is 0 Å². The van der Waals surface area contributed by atoms with Crippen molar-refractivity contribution in [1.29, 1.82) is 0 Å². The van der Waals surface area contributed by atoms with Crippen LogP contribution in [0, 0.1) is 20.8 Å². The summed E-state index contributed by atoms with van der Waals surface area (Å²) in [6, 6.07) is 3.97. The minimum absolute atomic E-state index is 0.472. The third-order valence-corrected chi connectivity index (χ3v) is 3.73. The molecule has 0 heterocycles. The number of likely N-dealkylation sites (N-methyl/N-ethyl adjacent to an activating group) is 1. The SMILES string of the molecule is CCN(CC)CCNC(=O)C(=O)Nc1c(C)cc(C)cc1C. The van der Waals surface area contributed by atoms with E-state index in [0.717, 1.165) is 42.0 Å². The lowest BCUT2D eigenvalue weighted by Gasteiger charge is -2.18. The Morgan fingerprint density at radius 2 is 1.55 bits per heavy atom. The van der Waals surface area contributed by atoms with Crippen LogP contribution in [-0.2, 0) is 9.59 Å². The molecule has 122 valence electrons. The van der Waals surface area contributed by atoms with Gasteiger partial charge in [-0.05, 0) is 45.0 Å². The van der Waals surface area contributed by atoms with Crippen molar-refractivity contribution in [3.8, 4) is 0 Å². The summed E-state index contributed by atoms with van der Waals surface area (Å²) in [6.45, 7) is 13.1. The lowest BCUT2D eigenvalue weighted by atomic mass is 10.1. The molecule has 1 rings (SSSR count). The normalized spacial score (nSPS) is 10.6. The lowest BCUT2D eigenvalue weighted by molar-refractivity contribution is -0.136. The summed E-state index contributed by atoms with van der Waals surface area (Å²) in [6.07, 6.45) is 0. The zero-order valence-electron chi connectivity index (χ0n) is 14.2. The van der Waals surface area contributed by atoms with E-state index < -0.39 is 11.8 Å². The van der Waals surface area contributed by atoms with Crippen LogP contribution < -0.4 is 10.6 Å². The number of aryl methyl sites for hydroxylation is 3. The quantitative estimate of drug-likeness (QED) is 0.790. The highest BCUT2D eigenvalue weighted by atomic mass is 16.2. The molecule has 0 radical (unpaired) electrons. The fourth-order valence-electron chi connectivity index (χ4n) is 2.50. The molecule has 5 heteroatoms. The Balaban J connectivity index is 2.57. The smallest absolute Gasteiger partial charge is 0.313 e. The Hall–Kier alpha value is -1.88. The van der Waals surface area contributed by atoms with Gasteiger partial charge < -0.3 is 15.5 Å². The topological polar surface area (TPSA) is 61.4 Å². The maximum absolute atomic E-state index is 12.0. The molecule has 0 aliphatic rings. The maximum Gasteiger partial charge on any atom is 0.313 e. The second-order valence-electron chi connectivity index (χ2n) is 5.51. The molecule has 0 saturated heterocycles. The van der Waals surface area contributed by atoms with Crippen LogP contribution in [0.3, 0.4) is 0 Å². The number of nitrogens with zero attached hydrogens (tertiary/aromatic N) is 1. The van der Waals surface area contributed by atoms with Gasteiger partial charge in [0.15, 0.2) is 0 Å². The Morgan fingerprint density at radius 3 is 2.05 bits per heavy atom. The van der Waals surface area contributed by atoms with E-state index in [1.807, 2.05) is 32.9 Å². The summed E-state index contributed by atoms with van der Waals surface area (Å²) in [5.41, 5.74) is 3.77. The number of rotatable bonds is 6. The molecule has 0 fully saturated rings. The molecule has 0 unspecified atom stereocenters. The second kappa shape index (κ2) is 8.54. The fourth-order valence-corrected chi connectivity index (χ4v) is 2.50. The van der Waals surface area contributed by atoms with Crippen molar-refractivity contribution < 1.29 is 9.59 Å². The van der Waals surface area contributed by atoms with Crippen LogP contribution in [-0.4, -0.2) is 42.9 Å². The number of nitrogens with one attached hydrogen (secondary N) is 2. The van der Waals surface area contributed by atoms with Crippen molar-refractivity contribution >= 4 is 17.5 Å². The number of anilines is 1. The first-order valence-electron chi connectivity index (χ1n) is 7.78. The zero-order valence-corrected chi connectivity index (χ0v) is 14.2. The van der Waals surface area contributed by atoms with Crippen LogP contribution in [0.1, 0.15) is 30.5 Å². The first kappa shape index (κ1) is 18.2. The van der Waals surface area contributed by atoms with Gasteiger partial charge in [-0.25, -0.2) is 0 Å². The number of amides is 2. The minimum Gasteiger partial charge on any atom is -0.347 e. The van der Waals surface area contributed by atoms with Crippen molar-refractivity contribution in [2.24, 2.45) is 0 Å². The number of hydrogen-bond acceptors (Lipinski definition) is 3. The first-order chi connectivity index (χ1) is 10.4. The fraction of sp³-hybridized carbons (Fsp3) is 0.529. The van der Waals surface area contributed by atoms with E-state index in [-0.39, 0.29) is 0 Å². The van der Waals surface area contributed by atoms with Crippen molar-refractivity contribution in [2.75, 3.05) is 31.5 Å². The Bertz CT molecular complexity index is 514. The monoisotopic (exact) mass is 305 g/mol. The zero-order chi connectivity index (χ0) is 16.7. The molecule has 2 amide bonds. The highest BCUT2D eigenvalue weighted by molar-refractivity contribution is 6.39. The predicted octanol–water partition coefficient (Wildman–Crippen LogP) is 2.01. The number of benzene rings is 1. The van der Waals surface area contributed by atoms with Gasteiger partial charge in [0.1, 0.15) is 0 Å². The van der Waals surface area contributed by atoms with Crippen LogP contribution in [0.2, 0.25) is 0 Å². The molecule has 0 bridgehead atoms. The molecule has 1 aromatic rings. The van der Waals surface area contributed by atoms with E-state index in [9.17, 15) is 9.59 Å². The molecule has 0 aliphatic heterocycles. The second-order valence-corrected chi connectivity index (χ2v) is 5.51. The molecule has 0 aromatic heterocycles. The number of hydrogen-bond donors (Lipinski definition) is 2. The van der Waals surface area contributed by atoms with Gasteiger partial charge in [0.25, 0.3) is 0 Å². The van der Waals surface area contributed by atoms with E-state index in [0.29, 0.717) is 6.54 Å². The highest BCUT2D eigenvalue weighted by Crippen LogP contribution is 2.21. The molecule has 0 aliphatic carbocycles. The Morgan fingerprint density at radius 1 is 1.00 bits per heavy atom. The van der Waals surface area contributed by atoms with Crippen LogP contribution in [0.5, 0.6) is 0 Å². The average molecular weight is 305 g/mol. The highest BCUT2D eigenvalue weighted by Gasteiger charge is 2.15. The maximum atomic E-state index is 12.0. The Kier molecular flexibility index (Phi) is 7.05. The molecular formula is C17H27N3O2. The largest absolute Gasteiger partial charge is 0.347 e. The van der Waals surface area contributed by atoms with Crippen molar-refractivity contribution in [3.05, 3.63) is 28.8 Å². The van der Waals surface area contributed by atoms with E-state index in [2.05, 4.69) is 29.4 Å². The van der Waals surface area contributed by atoms with E-state index in [4.69, 9.17) is 0 Å². The van der Waals surface area contributed by atoms with Gasteiger partial charge in [0, 0.05) is 18.8 Å². The molecule has 22 heavy (non-hydrogen) atoms. The van der Waals surface area contributed by atoms with Gasteiger partial charge in [0.05, 0.1) is 0 Å². The standard InChI is InChI=1S/C17H27N3O2/c1-6-20(7-2)9-8-18-16(21)17(22)19-15-13(4)10-12(3)11-14(15)5/h10-11H,6-9H2,1-5H3,(H,18,21)(H,19,22).